The molecule has 0 amide bonds. The molecule has 1 aromatic rings. The van der Waals surface area contributed by atoms with Crippen molar-refractivity contribution < 1.29 is 4.74 Å². The van der Waals surface area contributed by atoms with E-state index < -0.39 is 0 Å². The smallest absolute Gasteiger partial charge is 0.0929 e. The van der Waals surface area contributed by atoms with Gasteiger partial charge in [0.1, 0.15) is 0 Å². The lowest BCUT2D eigenvalue weighted by molar-refractivity contribution is 0.0789. The average molecular weight is 203 g/mol. The summed E-state index contributed by atoms with van der Waals surface area (Å²) in [5.41, 5.74) is 10.4. The number of nitrogens with zero attached hydrogens (tertiary/aromatic N) is 3. The van der Waals surface area contributed by atoms with Crippen LogP contribution in [0.15, 0.2) is 29.4 Å². The second kappa shape index (κ2) is 3.93. The number of benzene rings is 1. The molecular weight excluding hydrogens is 190 g/mol. The summed E-state index contributed by atoms with van der Waals surface area (Å²) in [5.74, 6) is 0. The summed E-state index contributed by atoms with van der Waals surface area (Å²) in [4.78, 5) is 2.73. The zero-order valence-electron chi connectivity index (χ0n) is 8.68. The van der Waals surface area contributed by atoms with Crippen LogP contribution in [-0.2, 0) is 16.9 Å². The van der Waals surface area contributed by atoms with Crippen LogP contribution in [0.4, 0.5) is 0 Å². The molecule has 0 atom stereocenters. The minimum Gasteiger partial charge on any atom is -0.374 e. The van der Waals surface area contributed by atoms with Gasteiger partial charge in [0.05, 0.1) is 12.1 Å². The summed E-state index contributed by atoms with van der Waals surface area (Å²) in [6.45, 7) is 0.413. The van der Waals surface area contributed by atoms with Crippen molar-refractivity contribution in [2.24, 2.45) is 5.11 Å². The molecule has 1 saturated carbocycles. The first-order chi connectivity index (χ1) is 7.30. The van der Waals surface area contributed by atoms with Crippen LogP contribution in [0.25, 0.3) is 10.4 Å². The predicted molar refractivity (Wildman–Crippen MR) is 57.2 cm³/mol. The standard InChI is InChI=1S/C11H13N3O/c1-15-11(6-7-11)10-4-2-9(3-5-10)8-13-14-12/h2-5H,6-8H2,1H3. The van der Waals surface area contributed by atoms with Crippen LogP contribution in [0.3, 0.4) is 0 Å². The van der Waals surface area contributed by atoms with Crippen molar-refractivity contribution in [3.8, 4) is 0 Å². The summed E-state index contributed by atoms with van der Waals surface area (Å²) in [5, 5.41) is 3.52. The number of rotatable bonds is 4. The fourth-order valence-corrected chi connectivity index (χ4v) is 1.75. The van der Waals surface area contributed by atoms with E-state index in [0.29, 0.717) is 6.54 Å². The van der Waals surface area contributed by atoms with Gasteiger partial charge in [-0.3, -0.25) is 0 Å². The Morgan fingerprint density at radius 3 is 2.53 bits per heavy atom. The maximum atomic E-state index is 8.20. The Labute approximate surface area is 88.5 Å². The maximum absolute atomic E-state index is 8.20. The molecule has 0 heterocycles. The number of azide groups is 1. The van der Waals surface area contributed by atoms with Gasteiger partial charge >= 0.3 is 0 Å². The second-order valence-electron chi connectivity index (χ2n) is 3.78. The fraction of sp³-hybridized carbons (Fsp3) is 0.455. The van der Waals surface area contributed by atoms with Crippen LogP contribution in [0.5, 0.6) is 0 Å². The minimum atomic E-state index is -0.0307. The van der Waals surface area contributed by atoms with E-state index in [1.54, 1.807) is 7.11 Å². The Balaban J connectivity index is 2.13. The molecule has 1 aliphatic rings. The lowest BCUT2D eigenvalue weighted by atomic mass is 10.1. The highest BCUT2D eigenvalue weighted by Crippen LogP contribution is 2.48. The minimum absolute atomic E-state index is 0.0307. The van der Waals surface area contributed by atoms with E-state index in [-0.39, 0.29) is 5.60 Å². The molecule has 0 spiro atoms. The first-order valence-electron chi connectivity index (χ1n) is 4.96. The molecule has 2 rings (SSSR count). The largest absolute Gasteiger partial charge is 0.374 e. The highest BCUT2D eigenvalue weighted by atomic mass is 16.5. The van der Waals surface area contributed by atoms with Gasteiger partial charge in [0, 0.05) is 12.0 Å². The number of ether oxygens (including phenoxy) is 1. The SMILES string of the molecule is COC1(c2ccc(CN=[N+]=[N-])cc2)CC1. The number of hydrogen-bond donors (Lipinski definition) is 0. The quantitative estimate of drug-likeness (QED) is 0.421. The van der Waals surface area contributed by atoms with Crippen LogP contribution in [-0.4, -0.2) is 7.11 Å². The summed E-state index contributed by atoms with van der Waals surface area (Å²) in [6, 6.07) is 8.09. The molecule has 4 nitrogen and oxygen atoms in total. The second-order valence-corrected chi connectivity index (χ2v) is 3.78. The van der Waals surface area contributed by atoms with E-state index >= 15 is 0 Å². The van der Waals surface area contributed by atoms with Crippen LogP contribution in [0.1, 0.15) is 24.0 Å². The van der Waals surface area contributed by atoms with Crippen LogP contribution >= 0.6 is 0 Å². The average Bonchev–Trinajstić information content (AvgIpc) is 3.08. The van der Waals surface area contributed by atoms with E-state index in [2.05, 4.69) is 22.2 Å². The van der Waals surface area contributed by atoms with Gasteiger partial charge in [0.15, 0.2) is 0 Å². The van der Waals surface area contributed by atoms with Crippen molar-refractivity contribution in [1.29, 1.82) is 0 Å². The molecule has 78 valence electrons. The number of methoxy groups -OCH3 is 1. The van der Waals surface area contributed by atoms with Crippen LogP contribution < -0.4 is 0 Å². The molecule has 1 fully saturated rings. The molecule has 0 saturated heterocycles. The van der Waals surface area contributed by atoms with Crippen molar-refractivity contribution >= 4 is 0 Å². The molecular formula is C11H13N3O. The Morgan fingerprint density at radius 1 is 1.40 bits per heavy atom. The Hall–Kier alpha value is -1.51. The Bertz CT molecular complexity index is 389. The van der Waals surface area contributed by atoms with E-state index in [1.807, 2.05) is 12.1 Å². The van der Waals surface area contributed by atoms with E-state index in [1.165, 1.54) is 5.56 Å². The molecule has 1 aliphatic carbocycles. The summed E-state index contributed by atoms with van der Waals surface area (Å²) in [7, 11) is 1.75. The Morgan fingerprint density at radius 2 is 2.07 bits per heavy atom. The van der Waals surface area contributed by atoms with Gasteiger partial charge in [-0.25, -0.2) is 0 Å². The Kier molecular flexibility index (Phi) is 2.62. The van der Waals surface area contributed by atoms with Gasteiger partial charge < -0.3 is 4.74 Å². The van der Waals surface area contributed by atoms with Crippen molar-refractivity contribution in [1.82, 2.24) is 0 Å². The molecule has 0 aromatic heterocycles. The topological polar surface area (TPSA) is 58.0 Å². The monoisotopic (exact) mass is 203 g/mol. The molecule has 0 bridgehead atoms. The van der Waals surface area contributed by atoms with Crippen LogP contribution in [0, 0.1) is 0 Å². The summed E-state index contributed by atoms with van der Waals surface area (Å²) in [6.07, 6.45) is 2.19. The molecule has 0 aliphatic heterocycles. The first-order valence-corrected chi connectivity index (χ1v) is 4.96. The highest BCUT2D eigenvalue weighted by molar-refractivity contribution is 5.31. The van der Waals surface area contributed by atoms with Crippen molar-refractivity contribution in [2.45, 2.75) is 25.0 Å². The zero-order chi connectivity index (χ0) is 10.7. The van der Waals surface area contributed by atoms with Crippen molar-refractivity contribution in [2.75, 3.05) is 7.11 Å². The van der Waals surface area contributed by atoms with Crippen LogP contribution in [0.2, 0.25) is 0 Å². The van der Waals surface area contributed by atoms with E-state index in [4.69, 9.17) is 10.3 Å². The van der Waals surface area contributed by atoms with Gasteiger partial charge in [0.2, 0.25) is 0 Å². The summed E-state index contributed by atoms with van der Waals surface area (Å²) < 4.78 is 5.47. The summed E-state index contributed by atoms with van der Waals surface area (Å²) >= 11 is 0. The third-order valence-corrected chi connectivity index (χ3v) is 2.89. The van der Waals surface area contributed by atoms with Crippen molar-refractivity contribution in [3.63, 3.8) is 0 Å². The molecule has 15 heavy (non-hydrogen) atoms. The highest BCUT2D eigenvalue weighted by Gasteiger charge is 2.44. The van der Waals surface area contributed by atoms with Crippen molar-refractivity contribution in [3.05, 3.63) is 45.8 Å². The maximum Gasteiger partial charge on any atom is 0.0929 e. The van der Waals surface area contributed by atoms with Gasteiger partial charge in [-0.05, 0) is 29.5 Å². The van der Waals surface area contributed by atoms with E-state index in [9.17, 15) is 0 Å². The van der Waals surface area contributed by atoms with Gasteiger partial charge in [0.25, 0.3) is 0 Å². The molecule has 4 heteroatoms. The number of hydrogen-bond acceptors (Lipinski definition) is 2. The molecule has 0 unspecified atom stereocenters. The molecule has 1 aromatic carbocycles. The fourth-order valence-electron chi connectivity index (χ4n) is 1.75. The van der Waals surface area contributed by atoms with Gasteiger partial charge in [-0.15, -0.1) is 0 Å². The zero-order valence-corrected chi connectivity index (χ0v) is 8.68. The third kappa shape index (κ3) is 1.96. The lowest BCUT2D eigenvalue weighted by Crippen LogP contribution is -2.08. The molecule has 0 N–H and O–H groups in total. The predicted octanol–water partition coefficient (Wildman–Crippen LogP) is 3.13. The first kappa shape index (κ1) is 10.0. The van der Waals surface area contributed by atoms with Gasteiger partial charge in [-0.1, -0.05) is 29.4 Å². The van der Waals surface area contributed by atoms with E-state index in [0.717, 1.165) is 18.4 Å². The third-order valence-electron chi connectivity index (χ3n) is 2.89. The lowest BCUT2D eigenvalue weighted by Gasteiger charge is -2.13. The normalized spacial score (nSPS) is 16.9. The molecule has 0 radical (unpaired) electrons. The van der Waals surface area contributed by atoms with Gasteiger partial charge in [-0.2, -0.15) is 0 Å².